The topological polar surface area (TPSA) is 74.9 Å². The Morgan fingerprint density at radius 1 is 1.18 bits per heavy atom. The second-order valence-corrected chi connectivity index (χ2v) is 8.55. The number of nitrogens with one attached hydrogen (secondary N) is 1. The summed E-state index contributed by atoms with van der Waals surface area (Å²) in [5, 5.41) is 18.3. The highest BCUT2D eigenvalue weighted by Crippen LogP contribution is 2.29. The zero-order valence-electron chi connectivity index (χ0n) is 18.8. The van der Waals surface area contributed by atoms with Crippen LogP contribution in [0.25, 0.3) is 16.9 Å². The summed E-state index contributed by atoms with van der Waals surface area (Å²) < 4.78 is 8.26. The van der Waals surface area contributed by atoms with Gasteiger partial charge in [0.1, 0.15) is 25.2 Å². The minimum Gasteiger partial charge on any atom is -0.507 e. The van der Waals surface area contributed by atoms with Crippen molar-refractivity contribution < 1.29 is 9.84 Å². The minimum atomic E-state index is 0.214. The van der Waals surface area contributed by atoms with Crippen molar-refractivity contribution in [2.24, 2.45) is 0 Å². The molecule has 33 heavy (non-hydrogen) atoms. The van der Waals surface area contributed by atoms with Gasteiger partial charge in [-0.25, -0.2) is 4.98 Å². The maximum absolute atomic E-state index is 10.3. The number of phenolic OH excluding ortho intramolecular Hbond substituents is 1. The number of methoxy groups -OCH3 is 1. The average molecular weight is 555 g/mol. The van der Waals surface area contributed by atoms with Crippen molar-refractivity contribution in [1.29, 1.82) is 0 Å². The normalized spacial score (nSPS) is 11.2. The Hall–Kier alpha value is -2.79. The van der Waals surface area contributed by atoms with E-state index in [1.165, 1.54) is 5.56 Å². The highest BCUT2D eigenvalue weighted by atomic mass is 127. The van der Waals surface area contributed by atoms with Crippen LogP contribution in [0.1, 0.15) is 12.0 Å². The first-order chi connectivity index (χ1) is 16.1. The van der Waals surface area contributed by atoms with E-state index in [9.17, 15) is 5.11 Å². The number of para-hydroxylation sites is 2. The first kappa shape index (κ1) is 23.4. The molecular weight excluding hydrogens is 528 g/mol. The van der Waals surface area contributed by atoms with Gasteiger partial charge in [-0.05, 0) is 30.1 Å². The molecule has 2 aromatic heterocycles. The van der Waals surface area contributed by atoms with Gasteiger partial charge in [-0.1, -0.05) is 52.9 Å². The number of fused-ring (bicyclic) bond motifs is 1. The number of nitrogens with zero attached hydrogens (tertiary/aromatic N) is 4. The lowest BCUT2D eigenvalue weighted by atomic mass is 10.0. The second kappa shape index (κ2) is 10.9. The lowest BCUT2D eigenvalue weighted by Gasteiger charge is -2.21. The molecule has 4 aromatic rings. The Morgan fingerprint density at radius 3 is 2.76 bits per heavy atom. The van der Waals surface area contributed by atoms with E-state index < -0.39 is 0 Å². The number of rotatable bonds is 10. The van der Waals surface area contributed by atoms with Crippen LogP contribution >= 0.6 is 22.6 Å². The number of hydrogen-bond acceptors (Lipinski definition) is 6. The average Bonchev–Trinajstić information content (AvgIpc) is 3.22. The van der Waals surface area contributed by atoms with Gasteiger partial charge in [-0.2, -0.15) is 9.61 Å². The van der Waals surface area contributed by atoms with Gasteiger partial charge in [0.15, 0.2) is 5.65 Å². The minimum absolute atomic E-state index is 0.214. The molecule has 0 aliphatic rings. The van der Waals surface area contributed by atoms with Crippen LogP contribution in [0.4, 0.5) is 5.82 Å². The molecule has 0 spiro atoms. The third-order valence-electron chi connectivity index (χ3n) is 5.54. The molecule has 0 bridgehead atoms. The first-order valence-electron chi connectivity index (χ1n) is 10.9. The van der Waals surface area contributed by atoms with Crippen molar-refractivity contribution in [3.63, 3.8) is 0 Å². The predicted molar refractivity (Wildman–Crippen MR) is 144 cm³/mol. The van der Waals surface area contributed by atoms with Crippen molar-refractivity contribution in [3.8, 4) is 22.8 Å². The number of halogens is 1. The van der Waals surface area contributed by atoms with Gasteiger partial charge in [0.05, 0.1) is 17.4 Å². The molecule has 0 fully saturated rings. The number of ether oxygens (including phenoxy) is 1. The largest absolute Gasteiger partial charge is 0.507 e. The van der Waals surface area contributed by atoms with Crippen LogP contribution in [0.3, 0.4) is 0 Å². The van der Waals surface area contributed by atoms with Crippen LogP contribution in [0, 0.1) is 0 Å². The molecule has 2 heterocycles. The predicted octanol–water partition coefficient (Wildman–Crippen LogP) is 3.07. The van der Waals surface area contributed by atoms with Gasteiger partial charge in [0, 0.05) is 43.0 Å². The van der Waals surface area contributed by atoms with Crippen molar-refractivity contribution in [2.75, 3.05) is 30.1 Å². The number of alkyl halides is 1. The summed E-state index contributed by atoms with van der Waals surface area (Å²) in [6, 6.07) is 17.4. The van der Waals surface area contributed by atoms with Crippen LogP contribution in [0.15, 0.2) is 60.8 Å². The molecule has 0 amide bonds. The standard InChI is InChI=1S/C24H27BIN5O2/c1-33-22-10-5-2-7-17(22)15-30(16-26)12-6-11-27-23-13-20(18-8-3-4-9-21(18)32)29-24-19(25)14-28-31(23)24/h2-5,7-10,13-14,27,32H,6,11-12,15-16,25H2,1H3. The van der Waals surface area contributed by atoms with Gasteiger partial charge in [0.25, 0.3) is 0 Å². The van der Waals surface area contributed by atoms with Crippen LogP contribution < -0.4 is 15.5 Å². The van der Waals surface area contributed by atoms with Gasteiger partial charge in [-0.3, -0.25) is 4.90 Å². The maximum Gasteiger partial charge on any atom is 0.151 e. The highest BCUT2D eigenvalue weighted by Gasteiger charge is 2.13. The monoisotopic (exact) mass is 555 g/mol. The Labute approximate surface area is 208 Å². The van der Waals surface area contributed by atoms with E-state index in [0.29, 0.717) is 5.56 Å². The molecule has 170 valence electrons. The number of hydrogen-bond donors (Lipinski definition) is 2. The van der Waals surface area contributed by atoms with E-state index in [-0.39, 0.29) is 5.75 Å². The number of aromatic hydroxyl groups is 1. The summed E-state index contributed by atoms with van der Waals surface area (Å²) in [7, 11) is 3.71. The number of anilines is 1. The van der Waals surface area contributed by atoms with E-state index in [1.54, 1.807) is 13.2 Å². The molecular formula is C24H27BIN5O2. The fraction of sp³-hybridized carbons (Fsp3) is 0.250. The zero-order valence-corrected chi connectivity index (χ0v) is 21.0. The number of aromatic nitrogens is 3. The van der Waals surface area contributed by atoms with Crippen molar-refractivity contribution in [1.82, 2.24) is 19.5 Å². The fourth-order valence-electron chi connectivity index (χ4n) is 3.80. The smallest absolute Gasteiger partial charge is 0.151 e. The lowest BCUT2D eigenvalue weighted by molar-refractivity contribution is 0.310. The summed E-state index contributed by atoms with van der Waals surface area (Å²) >= 11 is 2.41. The molecule has 7 nitrogen and oxygen atoms in total. The summed E-state index contributed by atoms with van der Waals surface area (Å²) in [4.78, 5) is 7.14. The maximum atomic E-state index is 10.3. The Morgan fingerprint density at radius 2 is 1.97 bits per heavy atom. The molecule has 0 radical (unpaired) electrons. The van der Waals surface area contributed by atoms with E-state index in [4.69, 9.17) is 9.72 Å². The molecule has 0 saturated carbocycles. The van der Waals surface area contributed by atoms with E-state index in [0.717, 1.165) is 59.0 Å². The van der Waals surface area contributed by atoms with Gasteiger partial charge >= 0.3 is 0 Å². The summed E-state index contributed by atoms with van der Waals surface area (Å²) in [5.41, 5.74) is 4.39. The van der Waals surface area contributed by atoms with E-state index >= 15 is 0 Å². The summed E-state index contributed by atoms with van der Waals surface area (Å²) in [5.74, 6) is 2.00. The quantitative estimate of drug-likeness (QED) is 0.103. The van der Waals surface area contributed by atoms with E-state index in [1.807, 2.05) is 61.0 Å². The first-order valence-corrected chi connectivity index (χ1v) is 12.4. The molecule has 2 aromatic carbocycles. The molecule has 4 rings (SSSR count). The second-order valence-electron chi connectivity index (χ2n) is 7.87. The molecule has 2 N–H and O–H groups in total. The van der Waals surface area contributed by atoms with Gasteiger partial charge in [0.2, 0.25) is 0 Å². The van der Waals surface area contributed by atoms with Gasteiger partial charge < -0.3 is 15.2 Å². The van der Waals surface area contributed by atoms with Crippen LogP contribution in [-0.4, -0.2) is 57.2 Å². The van der Waals surface area contributed by atoms with Crippen LogP contribution in [0.5, 0.6) is 11.5 Å². The molecule has 0 unspecified atom stereocenters. The SMILES string of the molecule is Bc1cnn2c(NCCCN(CI)Cc3ccccc3OC)cc(-c3ccccc3O)nc12. The molecule has 9 heteroatoms. The third-order valence-corrected chi connectivity index (χ3v) is 6.51. The number of phenols is 1. The molecule has 0 aliphatic carbocycles. The Kier molecular flexibility index (Phi) is 7.71. The molecule has 0 atom stereocenters. The van der Waals surface area contributed by atoms with Crippen molar-refractivity contribution in [3.05, 3.63) is 66.4 Å². The lowest BCUT2D eigenvalue weighted by Crippen LogP contribution is -2.24. The van der Waals surface area contributed by atoms with Gasteiger partial charge in [-0.15, -0.1) is 0 Å². The Balaban J connectivity index is 1.45. The van der Waals surface area contributed by atoms with Crippen molar-refractivity contribution in [2.45, 2.75) is 13.0 Å². The summed E-state index contributed by atoms with van der Waals surface area (Å²) in [6.07, 6.45) is 2.78. The third kappa shape index (κ3) is 5.41. The van der Waals surface area contributed by atoms with Crippen LogP contribution in [-0.2, 0) is 6.54 Å². The fourth-order valence-corrected chi connectivity index (χ4v) is 4.38. The van der Waals surface area contributed by atoms with Crippen LogP contribution in [0.2, 0.25) is 0 Å². The molecule has 0 saturated heterocycles. The zero-order chi connectivity index (χ0) is 23.2. The highest BCUT2D eigenvalue weighted by molar-refractivity contribution is 14.1. The number of benzene rings is 2. The molecule has 0 aliphatic heterocycles. The van der Waals surface area contributed by atoms with Crippen molar-refractivity contribution >= 4 is 47.4 Å². The van der Waals surface area contributed by atoms with E-state index in [2.05, 4.69) is 44.0 Å². The summed E-state index contributed by atoms with van der Waals surface area (Å²) in [6.45, 7) is 2.59. The Bertz CT molecular complexity index is 1230.